The lowest BCUT2D eigenvalue weighted by Gasteiger charge is -2.38. The molecule has 0 saturated carbocycles. The summed E-state index contributed by atoms with van der Waals surface area (Å²) >= 11 is 0. The van der Waals surface area contributed by atoms with Crippen LogP contribution in [0.4, 0.5) is 0 Å². The molecule has 1 heterocycles. The number of likely N-dealkylation sites (tertiary alicyclic amines) is 1. The summed E-state index contributed by atoms with van der Waals surface area (Å²) in [6.45, 7) is 5.39. The SMILES string of the molecule is COc1ccc(C(=O)COC(=O)CC(NC(=O)CCNC(=O)CN2C(C)CCCC2C)C(C)=O)cc1. The van der Waals surface area contributed by atoms with E-state index in [1.807, 2.05) is 0 Å². The number of nitrogens with zero attached hydrogens (tertiary/aromatic N) is 1. The number of carbonyl (C=O) groups is 5. The van der Waals surface area contributed by atoms with Crippen molar-refractivity contribution in [1.29, 1.82) is 0 Å². The van der Waals surface area contributed by atoms with Crippen LogP contribution in [0.1, 0.15) is 63.2 Å². The molecule has 3 atom stereocenters. The summed E-state index contributed by atoms with van der Waals surface area (Å²) in [5.74, 6) is -1.64. The van der Waals surface area contributed by atoms with Crippen LogP contribution >= 0.6 is 0 Å². The average molecular weight is 504 g/mol. The highest BCUT2D eigenvalue weighted by molar-refractivity contribution is 5.98. The second-order valence-corrected chi connectivity index (χ2v) is 9.15. The molecule has 0 spiro atoms. The van der Waals surface area contributed by atoms with Gasteiger partial charge in [0.25, 0.3) is 0 Å². The second kappa shape index (κ2) is 14.3. The van der Waals surface area contributed by atoms with Crippen molar-refractivity contribution in [3.63, 3.8) is 0 Å². The van der Waals surface area contributed by atoms with E-state index in [1.54, 1.807) is 24.3 Å². The molecule has 10 heteroatoms. The molecule has 0 radical (unpaired) electrons. The summed E-state index contributed by atoms with van der Waals surface area (Å²) in [7, 11) is 1.51. The van der Waals surface area contributed by atoms with Gasteiger partial charge in [0, 0.05) is 30.6 Å². The van der Waals surface area contributed by atoms with Gasteiger partial charge in [0.05, 0.1) is 26.1 Å². The number of carbonyl (C=O) groups excluding carboxylic acids is 5. The predicted molar refractivity (Wildman–Crippen MR) is 133 cm³/mol. The first kappa shape index (κ1) is 29.0. The summed E-state index contributed by atoms with van der Waals surface area (Å²) in [6, 6.07) is 5.95. The Hall–Kier alpha value is -3.27. The molecule has 36 heavy (non-hydrogen) atoms. The van der Waals surface area contributed by atoms with Crippen LogP contribution in [-0.2, 0) is 23.9 Å². The number of piperidine rings is 1. The Morgan fingerprint density at radius 1 is 1.03 bits per heavy atom. The van der Waals surface area contributed by atoms with E-state index in [4.69, 9.17) is 9.47 Å². The maximum atomic E-state index is 12.3. The number of rotatable bonds is 13. The molecule has 1 aromatic carbocycles. The summed E-state index contributed by atoms with van der Waals surface area (Å²) in [4.78, 5) is 63.0. The van der Waals surface area contributed by atoms with Gasteiger partial charge in [-0.05, 0) is 57.9 Å². The van der Waals surface area contributed by atoms with Crippen LogP contribution in [-0.4, -0.2) is 79.2 Å². The lowest BCUT2D eigenvalue weighted by atomic mass is 9.97. The molecule has 10 nitrogen and oxygen atoms in total. The van der Waals surface area contributed by atoms with Gasteiger partial charge in [0.1, 0.15) is 5.75 Å². The Labute approximate surface area is 212 Å². The van der Waals surface area contributed by atoms with Gasteiger partial charge in [-0.3, -0.25) is 28.9 Å². The van der Waals surface area contributed by atoms with Crippen molar-refractivity contribution < 1.29 is 33.4 Å². The normalized spacial score (nSPS) is 18.6. The van der Waals surface area contributed by atoms with Crippen molar-refractivity contribution in [1.82, 2.24) is 15.5 Å². The first-order valence-corrected chi connectivity index (χ1v) is 12.3. The van der Waals surface area contributed by atoms with Crippen molar-refractivity contribution in [2.45, 2.75) is 71.0 Å². The van der Waals surface area contributed by atoms with E-state index in [9.17, 15) is 24.0 Å². The van der Waals surface area contributed by atoms with Gasteiger partial charge < -0.3 is 20.1 Å². The molecular formula is C26H37N3O7. The van der Waals surface area contributed by atoms with Gasteiger partial charge in [0.15, 0.2) is 18.2 Å². The van der Waals surface area contributed by atoms with Gasteiger partial charge in [0.2, 0.25) is 11.8 Å². The van der Waals surface area contributed by atoms with Crippen molar-refractivity contribution >= 4 is 29.4 Å². The number of hydrogen-bond donors (Lipinski definition) is 2. The number of benzene rings is 1. The first-order valence-electron chi connectivity index (χ1n) is 12.3. The molecule has 2 N–H and O–H groups in total. The van der Waals surface area contributed by atoms with E-state index in [2.05, 4.69) is 29.4 Å². The van der Waals surface area contributed by atoms with E-state index in [1.165, 1.54) is 14.0 Å². The number of ketones is 2. The largest absolute Gasteiger partial charge is 0.497 e. The number of methoxy groups -OCH3 is 1. The van der Waals surface area contributed by atoms with Crippen molar-refractivity contribution in [3.8, 4) is 5.75 Å². The molecule has 1 fully saturated rings. The van der Waals surface area contributed by atoms with Crippen molar-refractivity contribution in [3.05, 3.63) is 29.8 Å². The summed E-state index contributed by atoms with van der Waals surface area (Å²) in [5.41, 5.74) is 0.353. The minimum absolute atomic E-state index is 0.0361. The molecule has 3 unspecified atom stereocenters. The smallest absolute Gasteiger partial charge is 0.308 e. The topological polar surface area (TPSA) is 131 Å². The molecule has 1 aliphatic heterocycles. The first-order chi connectivity index (χ1) is 17.1. The van der Waals surface area contributed by atoms with Crippen molar-refractivity contribution in [2.75, 3.05) is 26.8 Å². The standard InChI is InChI=1S/C26H37N3O7/c1-17-6-5-7-18(2)29(17)15-25(33)27-13-12-24(32)28-22(19(3)30)14-26(34)36-16-23(31)20-8-10-21(35-4)11-9-20/h8-11,17-18,22H,5-7,12-16H2,1-4H3,(H,27,33)(H,28,32). The zero-order valence-corrected chi connectivity index (χ0v) is 21.5. The molecule has 2 rings (SSSR count). The molecule has 1 aliphatic rings. The number of ether oxygens (including phenoxy) is 2. The number of hydrogen-bond acceptors (Lipinski definition) is 8. The molecule has 0 aliphatic carbocycles. The van der Waals surface area contributed by atoms with E-state index < -0.39 is 42.5 Å². The highest BCUT2D eigenvalue weighted by Crippen LogP contribution is 2.21. The Balaban J connectivity index is 1.72. The van der Waals surface area contributed by atoms with Crippen LogP contribution in [0.15, 0.2) is 24.3 Å². The van der Waals surface area contributed by atoms with Crippen LogP contribution in [0.3, 0.4) is 0 Å². The molecule has 0 aromatic heterocycles. The third-order valence-electron chi connectivity index (χ3n) is 6.35. The maximum absolute atomic E-state index is 12.3. The number of Topliss-reactive ketones (excluding diaryl/α,β-unsaturated/α-hetero) is 2. The average Bonchev–Trinajstić information content (AvgIpc) is 2.84. The van der Waals surface area contributed by atoms with E-state index >= 15 is 0 Å². The van der Waals surface area contributed by atoms with Crippen LogP contribution in [0.5, 0.6) is 5.75 Å². The van der Waals surface area contributed by atoms with Gasteiger partial charge >= 0.3 is 5.97 Å². The monoisotopic (exact) mass is 503 g/mol. The van der Waals surface area contributed by atoms with Crippen LogP contribution < -0.4 is 15.4 Å². The molecule has 1 saturated heterocycles. The third-order valence-corrected chi connectivity index (χ3v) is 6.35. The molecule has 2 amide bonds. The highest BCUT2D eigenvalue weighted by atomic mass is 16.5. The zero-order chi connectivity index (χ0) is 26.7. The Morgan fingerprint density at radius 2 is 1.67 bits per heavy atom. The van der Waals surface area contributed by atoms with Crippen molar-refractivity contribution in [2.24, 2.45) is 0 Å². The number of amides is 2. The lowest BCUT2D eigenvalue weighted by Crippen LogP contribution is -2.49. The number of nitrogens with one attached hydrogen (secondary N) is 2. The molecular weight excluding hydrogens is 466 g/mol. The predicted octanol–water partition coefficient (Wildman–Crippen LogP) is 1.65. The Kier molecular flexibility index (Phi) is 11.5. The van der Waals surface area contributed by atoms with E-state index in [0.717, 1.165) is 19.3 Å². The number of esters is 1. The van der Waals surface area contributed by atoms with Gasteiger partial charge in [-0.25, -0.2) is 0 Å². The minimum atomic E-state index is -1.08. The fraction of sp³-hybridized carbons (Fsp3) is 0.577. The second-order valence-electron chi connectivity index (χ2n) is 9.15. The summed E-state index contributed by atoms with van der Waals surface area (Å²) in [6.07, 6.45) is 2.85. The van der Waals surface area contributed by atoms with Gasteiger partial charge in [-0.2, -0.15) is 0 Å². The molecule has 198 valence electrons. The Morgan fingerprint density at radius 3 is 2.25 bits per heavy atom. The minimum Gasteiger partial charge on any atom is -0.497 e. The highest BCUT2D eigenvalue weighted by Gasteiger charge is 2.26. The zero-order valence-electron chi connectivity index (χ0n) is 21.5. The third kappa shape index (κ3) is 9.41. The summed E-state index contributed by atoms with van der Waals surface area (Å²) in [5, 5.41) is 5.24. The molecule has 1 aromatic rings. The van der Waals surface area contributed by atoms with Gasteiger partial charge in [-0.1, -0.05) is 6.42 Å². The van der Waals surface area contributed by atoms with Crippen LogP contribution in [0.2, 0.25) is 0 Å². The lowest BCUT2D eigenvalue weighted by molar-refractivity contribution is -0.144. The van der Waals surface area contributed by atoms with Gasteiger partial charge in [-0.15, -0.1) is 0 Å². The van der Waals surface area contributed by atoms with E-state index in [-0.39, 0.29) is 25.4 Å². The quantitative estimate of drug-likeness (QED) is 0.307. The fourth-order valence-corrected chi connectivity index (χ4v) is 4.12. The fourth-order valence-electron chi connectivity index (χ4n) is 4.12. The van der Waals surface area contributed by atoms with E-state index in [0.29, 0.717) is 23.4 Å². The van der Waals surface area contributed by atoms with Crippen LogP contribution in [0, 0.1) is 0 Å². The summed E-state index contributed by atoms with van der Waals surface area (Å²) < 4.78 is 10.0. The van der Waals surface area contributed by atoms with Crippen LogP contribution in [0.25, 0.3) is 0 Å². The maximum Gasteiger partial charge on any atom is 0.308 e. The Bertz CT molecular complexity index is 922. The molecule has 0 bridgehead atoms.